The normalized spacial score (nSPS) is 10.8. The molecule has 0 saturated heterocycles. The third-order valence-corrected chi connectivity index (χ3v) is 6.58. The molecule has 0 radical (unpaired) electrons. The van der Waals surface area contributed by atoms with Crippen LogP contribution >= 0.6 is 15.9 Å². The van der Waals surface area contributed by atoms with Gasteiger partial charge in [0.1, 0.15) is 0 Å². The molecule has 1 nitrogen and oxygen atoms in total. The highest BCUT2D eigenvalue weighted by Gasteiger charge is 2.18. The molecule has 0 atom stereocenters. The van der Waals surface area contributed by atoms with E-state index in [1.165, 1.54) is 11.1 Å². The van der Waals surface area contributed by atoms with E-state index in [0.29, 0.717) is 0 Å². The summed E-state index contributed by atoms with van der Waals surface area (Å²) in [5.41, 5.74) is 16.5. The SMILES string of the molecule is Nc1c(-c2ccc(-c3ccccc3)cc2)cc(-c2ccccc2)c(Br)c1-c1ccccc1. The van der Waals surface area contributed by atoms with Crippen LogP contribution in [0.3, 0.4) is 0 Å². The predicted molar refractivity (Wildman–Crippen MR) is 140 cm³/mol. The van der Waals surface area contributed by atoms with Gasteiger partial charge in [-0.3, -0.25) is 0 Å². The Labute approximate surface area is 197 Å². The van der Waals surface area contributed by atoms with Gasteiger partial charge >= 0.3 is 0 Å². The second-order valence-electron chi connectivity index (χ2n) is 7.75. The van der Waals surface area contributed by atoms with Gasteiger partial charge in [-0.15, -0.1) is 0 Å². The van der Waals surface area contributed by atoms with Gasteiger partial charge in [0, 0.05) is 21.3 Å². The number of nitrogens with two attached hydrogens (primary N) is 1. The lowest BCUT2D eigenvalue weighted by atomic mass is 9.90. The monoisotopic (exact) mass is 475 g/mol. The summed E-state index contributed by atoms with van der Waals surface area (Å²) in [4.78, 5) is 0. The Morgan fingerprint density at radius 1 is 0.438 bits per heavy atom. The van der Waals surface area contributed by atoms with Gasteiger partial charge < -0.3 is 5.73 Å². The fourth-order valence-corrected chi connectivity index (χ4v) is 4.89. The number of benzene rings is 5. The van der Waals surface area contributed by atoms with Gasteiger partial charge in [0.25, 0.3) is 0 Å². The summed E-state index contributed by atoms with van der Waals surface area (Å²) in [6.45, 7) is 0. The molecule has 5 aromatic carbocycles. The van der Waals surface area contributed by atoms with Crippen LogP contribution in [0.4, 0.5) is 5.69 Å². The summed E-state index contributed by atoms with van der Waals surface area (Å²) >= 11 is 3.87. The molecule has 0 aliphatic rings. The van der Waals surface area contributed by atoms with Crippen LogP contribution in [0.25, 0.3) is 44.5 Å². The smallest absolute Gasteiger partial charge is 0.0485 e. The van der Waals surface area contributed by atoms with Crippen LogP contribution < -0.4 is 5.73 Å². The first-order chi connectivity index (χ1) is 15.7. The fraction of sp³-hybridized carbons (Fsp3) is 0. The van der Waals surface area contributed by atoms with Gasteiger partial charge in [-0.05, 0) is 55.4 Å². The Kier molecular flexibility index (Phi) is 5.62. The third-order valence-electron chi connectivity index (χ3n) is 5.75. The molecule has 5 aromatic rings. The van der Waals surface area contributed by atoms with Crippen molar-refractivity contribution in [1.29, 1.82) is 0 Å². The van der Waals surface area contributed by atoms with Crippen LogP contribution in [0, 0.1) is 0 Å². The molecule has 0 aliphatic heterocycles. The topological polar surface area (TPSA) is 26.0 Å². The van der Waals surface area contributed by atoms with E-state index in [2.05, 4.69) is 107 Å². The highest BCUT2D eigenvalue weighted by molar-refractivity contribution is 9.10. The lowest BCUT2D eigenvalue weighted by Gasteiger charge is -2.18. The second-order valence-corrected chi connectivity index (χ2v) is 8.54. The van der Waals surface area contributed by atoms with Gasteiger partial charge in [-0.2, -0.15) is 0 Å². The molecule has 0 saturated carbocycles. The number of halogens is 1. The number of hydrogen-bond donors (Lipinski definition) is 1. The minimum atomic E-state index is 0.773. The van der Waals surface area contributed by atoms with E-state index < -0.39 is 0 Å². The Morgan fingerprint density at radius 3 is 1.41 bits per heavy atom. The average Bonchev–Trinajstić information content (AvgIpc) is 2.86. The van der Waals surface area contributed by atoms with Gasteiger partial charge in [-0.1, -0.05) is 115 Å². The van der Waals surface area contributed by atoms with Crippen molar-refractivity contribution < 1.29 is 0 Å². The number of nitrogen functional groups attached to an aromatic ring is 1. The zero-order chi connectivity index (χ0) is 21.9. The van der Waals surface area contributed by atoms with Crippen LogP contribution in [-0.4, -0.2) is 0 Å². The maximum absolute atomic E-state index is 6.81. The molecule has 2 heteroatoms. The Bertz CT molecular complexity index is 1340. The van der Waals surface area contributed by atoms with E-state index in [1.807, 2.05) is 30.3 Å². The Balaban J connectivity index is 1.70. The van der Waals surface area contributed by atoms with Crippen LogP contribution in [0.15, 0.2) is 126 Å². The first kappa shape index (κ1) is 20.3. The zero-order valence-electron chi connectivity index (χ0n) is 17.5. The molecule has 0 aromatic heterocycles. The van der Waals surface area contributed by atoms with E-state index >= 15 is 0 Å². The lowest BCUT2D eigenvalue weighted by molar-refractivity contribution is 1.53. The van der Waals surface area contributed by atoms with Crippen molar-refractivity contribution in [2.24, 2.45) is 0 Å². The number of rotatable bonds is 4. The number of hydrogen-bond acceptors (Lipinski definition) is 1. The van der Waals surface area contributed by atoms with E-state index in [4.69, 9.17) is 5.73 Å². The largest absolute Gasteiger partial charge is 0.398 e. The van der Waals surface area contributed by atoms with Gasteiger partial charge in [0.15, 0.2) is 0 Å². The molecule has 0 fully saturated rings. The quantitative estimate of drug-likeness (QED) is 0.258. The van der Waals surface area contributed by atoms with E-state index in [9.17, 15) is 0 Å². The van der Waals surface area contributed by atoms with Crippen LogP contribution in [0.5, 0.6) is 0 Å². The molecule has 2 N–H and O–H groups in total. The van der Waals surface area contributed by atoms with Gasteiger partial charge in [0.05, 0.1) is 0 Å². The van der Waals surface area contributed by atoms with Crippen molar-refractivity contribution >= 4 is 21.6 Å². The second kappa shape index (κ2) is 8.86. The number of anilines is 1. The standard InChI is InChI=1S/C30H22BrN/c31-29-26(23-12-6-2-7-13-23)20-27(30(32)28(29)25-14-8-3-9-15-25)24-18-16-22(17-19-24)21-10-4-1-5-11-21/h1-20H,32H2. The van der Waals surface area contributed by atoms with E-state index in [-0.39, 0.29) is 0 Å². The van der Waals surface area contributed by atoms with Crippen molar-refractivity contribution in [2.45, 2.75) is 0 Å². The molecule has 5 rings (SSSR count). The summed E-state index contributed by atoms with van der Waals surface area (Å²) in [6, 6.07) is 42.0. The summed E-state index contributed by atoms with van der Waals surface area (Å²) in [5, 5.41) is 0. The van der Waals surface area contributed by atoms with Crippen molar-refractivity contribution in [2.75, 3.05) is 5.73 Å². The first-order valence-electron chi connectivity index (χ1n) is 10.6. The molecule has 0 spiro atoms. The van der Waals surface area contributed by atoms with Crippen LogP contribution in [0.2, 0.25) is 0 Å². The van der Waals surface area contributed by atoms with Crippen molar-refractivity contribution in [1.82, 2.24) is 0 Å². The minimum Gasteiger partial charge on any atom is -0.398 e. The highest BCUT2D eigenvalue weighted by Crippen LogP contribution is 2.45. The highest BCUT2D eigenvalue weighted by atomic mass is 79.9. The Hall–Kier alpha value is -3.62. The average molecular weight is 476 g/mol. The molecule has 0 aliphatic carbocycles. The van der Waals surface area contributed by atoms with Gasteiger partial charge in [-0.25, -0.2) is 0 Å². The molecule has 0 heterocycles. The van der Waals surface area contributed by atoms with Crippen molar-refractivity contribution in [3.05, 3.63) is 126 Å². The molecular weight excluding hydrogens is 454 g/mol. The van der Waals surface area contributed by atoms with E-state index in [1.54, 1.807) is 0 Å². The van der Waals surface area contributed by atoms with Gasteiger partial charge in [0.2, 0.25) is 0 Å². The first-order valence-corrected chi connectivity index (χ1v) is 11.4. The Morgan fingerprint density at radius 2 is 0.844 bits per heavy atom. The predicted octanol–water partition coefficient (Wildman–Crippen LogP) is 8.70. The molecule has 0 unspecified atom stereocenters. The van der Waals surface area contributed by atoms with Crippen molar-refractivity contribution in [3.8, 4) is 44.5 Å². The van der Waals surface area contributed by atoms with E-state index in [0.717, 1.165) is 43.5 Å². The summed E-state index contributed by atoms with van der Waals surface area (Å²) in [5.74, 6) is 0. The zero-order valence-corrected chi connectivity index (χ0v) is 19.1. The fourth-order valence-electron chi connectivity index (χ4n) is 4.10. The summed E-state index contributed by atoms with van der Waals surface area (Å²) < 4.78 is 1.01. The molecule has 0 amide bonds. The maximum atomic E-state index is 6.81. The summed E-state index contributed by atoms with van der Waals surface area (Å²) in [7, 11) is 0. The maximum Gasteiger partial charge on any atom is 0.0485 e. The molecule has 32 heavy (non-hydrogen) atoms. The van der Waals surface area contributed by atoms with Crippen LogP contribution in [-0.2, 0) is 0 Å². The summed E-state index contributed by atoms with van der Waals surface area (Å²) in [6.07, 6.45) is 0. The third kappa shape index (κ3) is 3.86. The lowest BCUT2D eigenvalue weighted by Crippen LogP contribution is -1.98. The molecule has 154 valence electrons. The molecular formula is C30H22BrN. The minimum absolute atomic E-state index is 0.773. The van der Waals surface area contributed by atoms with Crippen LogP contribution in [0.1, 0.15) is 0 Å². The molecule has 0 bridgehead atoms. The van der Waals surface area contributed by atoms with Crippen molar-refractivity contribution in [3.63, 3.8) is 0 Å².